The first-order valence-electron chi connectivity index (χ1n) is 18.3. The molecule has 11 rings (SSSR count). The molecule has 0 amide bonds. The Labute approximate surface area is 315 Å². The monoisotopic (exact) mass is 708 g/mol. The standard InChI is InChI=1S/C51H32O2S/c1-2-11-41-44-27-32-23-25-45-50(43(32)29-47(44)54-51(41)52)42-24-22-34(28-46(42)53-45)49-39-19-7-5-17-37(39)48(38-18-6-8-20-40(38)49)33-15-9-14-31(26-33)36-21-10-13-30-12-3-4-16-35(30)36/h2-29,52H,1H3/b11-2-. The summed E-state index contributed by atoms with van der Waals surface area (Å²) in [5.74, 6) is 0. The second-order valence-corrected chi connectivity index (χ2v) is 15.1. The summed E-state index contributed by atoms with van der Waals surface area (Å²) >= 11 is 1.42. The van der Waals surface area contributed by atoms with Crippen LogP contribution in [-0.2, 0) is 0 Å². The number of hydrogen-bond donors (Lipinski definition) is 1. The molecule has 2 nitrogen and oxygen atoms in total. The summed E-state index contributed by atoms with van der Waals surface area (Å²) in [7, 11) is 0. The highest BCUT2D eigenvalue weighted by Gasteiger charge is 2.20. The summed E-state index contributed by atoms with van der Waals surface area (Å²) in [4.78, 5) is 0. The topological polar surface area (TPSA) is 33.4 Å². The lowest BCUT2D eigenvalue weighted by molar-refractivity contribution is 0.490. The van der Waals surface area contributed by atoms with E-state index < -0.39 is 0 Å². The third-order valence-corrected chi connectivity index (χ3v) is 12.1. The van der Waals surface area contributed by atoms with Crippen LogP contribution in [0.1, 0.15) is 12.5 Å². The molecule has 0 saturated carbocycles. The van der Waals surface area contributed by atoms with E-state index in [1.807, 2.05) is 19.1 Å². The Kier molecular flexibility index (Phi) is 6.82. The summed E-state index contributed by atoms with van der Waals surface area (Å²) in [6.07, 6.45) is 3.96. The zero-order chi connectivity index (χ0) is 35.9. The van der Waals surface area contributed by atoms with Gasteiger partial charge in [0, 0.05) is 26.4 Å². The van der Waals surface area contributed by atoms with E-state index in [1.165, 1.54) is 71.5 Å². The number of benzene rings is 9. The van der Waals surface area contributed by atoms with Crippen LogP contribution in [0.15, 0.2) is 168 Å². The Morgan fingerprint density at radius 3 is 1.87 bits per heavy atom. The van der Waals surface area contributed by atoms with Gasteiger partial charge in [-0.2, -0.15) is 0 Å². The molecular weight excluding hydrogens is 677 g/mol. The summed E-state index contributed by atoms with van der Waals surface area (Å²) in [6.45, 7) is 1.98. The van der Waals surface area contributed by atoms with E-state index in [0.29, 0.717) is 5.06 Å². The molecule has 0 aliphatic rings. The van der Waals surface area contributed by atoms with Gasteiger partial charge in [0.1, 0.15) is 11.2 Å². The Balaban J connectivity index is 1.12. The van der Waals surface area contributed by atoms with Gasteiger partial charge in [-0.3, -0.25) is 0 Å². The number of fused-ring (bicyclic) bond motifs is 9. The van der Waals surface area contributed by atoms with Crippen molar-refractivity contribution in [1.29, 1.82) is 0 Å². The van der Waals surface area contributed by atoms with Crippen molar-refractivity contribution in [3.63, 3.8) is 0 Å². The molecule has 2 heterocycles. The normalized spacial score (nSPS) is 12.2. The Hall–Kier alpha value is -6.68. The van der Waals surface area contributed by atoms with Crippen LogP contribution in [0.4, 0.5) is 0 Å². The van der Waals surface area contributed by atoms with Crippen LogP contribution in [0.25, 0.3) is 115 Å². The maximum Gasteiger partial charge on any atom is 0.179 e. The number of thiophene rings is 1. The zero-order valence-corrected chi connectivity index (χ0v) is 30.2. The lowest BCUT2D eigenvalue weighted by Gasteiger charge is -2.18. The van der Waals surface area contributed by atoms with Crippen molar-refractivity contribution in [2.24, 2.45) is 0 Å². The van der Waals surface area contributed by atoms with Crippen molar-refractivity contribution in [3.05, 3.63) is 169 Å². The van der Waals surface area contributed by atoms with Crippen molar-refractivity contribution in [2.45, 2.75) is 6.92 Å². The summed E-state index contributed by atoms with van der Waals surface area (Å²) < 4.78 is 7.71. The molecule has 9 aromatic carbocycles. The molecule has 0 saturated heterocycles. The van der Waals surface area contributed by atoms with Crippen LogP contribution in [0, 0.1) is 0 Å². The van der Waals surface area contributed by atoms with E-state index in [9.17, 15) is 5.11 Å². The van der Waals surface area contributed by atoms with Gasteiger partial charge < -0.3 is 9.52 Å². The minimum Gasteiger partial charge on any atom is -0.499 e. The molecule has 1 N–H and O–H groups in total. The number of allylic oxidation sites excluding steroid dienone is 1. The molecule has 0 aliphatic heterocycles. The molecule has 0 bridgehead atoms. The van der Waals surface area contributed by atoms with Gasteiger partial charge in [0.25, 0.3) is 0 Å². The number of rotatable bonds is 4. The van der Waals surface area contributed by atoms with Crippen molar-refractivity contribution in [3.8, 4) is 38.4 Å². The molecule has 54 heavy (non-hydrogen) atoms. The van der Waals surface area contributed by atoms with Crippen LogP contribution in [-0.4, -0.2) is 5.11 Å². The molecule has 3 heteroatoms. The van der Waals surface area contributed by atoms with Crippen LogP contribution in [0.5, 0.6) is 5.06 Å². The third-order valence-electron chi connectivity index (χ3n) is 11.1. The van der Waals surface area contributed by atoms with Crippen LogP contribution >= 0.6 is 11.3 Å². The third kappa shape index (κ3) is 4.59. The van der Waals surface area contributed by atoms with E-state index >= 15 is 0 Å². The summed E-state index contributed by atoms with van der Waals surface area (Å²) in [5.41, 5.74) is 9.81. The van der Waals surface area contributed by atoms with Crippen molar-refractivity contribution in [1.82, 2.24) is 0 Å². The second-order valence-electron chi connectivity index (χ2n) is 14.1. The van der Waals surface area contributed by atoms with Crippen molar-refractivity contribution >= 4 is 92.5 Å². The minimum absolute atomic E-state index is 0.347. The molecule has 2 aromatic heterocycles. The van der Waals surface area contributed by atoms with E-state index in [-0.39, 0.29) is 0 Å². The smallest absolute Gasteiger partial charge is 0.179 e. The number of hydrogen-bond acceptors (Lipinski definition) is 3. The molecule has 254 valence electrons. The predicted molar refractivity (Wildman–Crippen MR) is 232 cm³/mol. The molecule has 11 aromatic rings. The number of aromatic hydroxyl groups is 1. The lowest BCUT2D eigenvalue weighted by Crippen LogP contribution is -1.91. The molecule has 0 atom stereocenters. The van der Waals surface area contributed by atoms with Gasteiger partial charge in [0.05, 0.1) is 0 Å². The molecule has 0 spiro atoms. The van der Waals surface area contributed by atoms with Crippen LogP contribution in [0.3, 0.4) is 0 Å². The van der Waals surface area contributed by atoms with Gasteiger partial charge in [-0.15, -0.1) is 0 Å². The Morgan fingerprint density at radius 2 is 1.13 bits per heavy atom. The van der Waals surface area contributed by atoms with E-state index in [2.05, 4.69) is 158 Å². The highest BCUT2D eigenvalue weighted by molar-refractivity contribution is 7.21. The van der Waals surface area contributed by atoms with Gasteiger partial charge in [-0.25, -0.2) is 0 Å². The van der Waals surface area contributed by atoms with E-state index in [4.69, 9.17) is 4.42 Å². The largest absolute Gasteiger partial charge is 0.499 e. The first-order chi connectivity index (χ1) is 26.6. The maximum atomic E-state index is 10.7. The molecule has 0 aliphatic carbocycles. The van der Waals surface area contributed by atoms with E-state index in [0.717, 1.165) is 53.9 Å². The second kappa shape index (κ2) is 11.9. The van der Waals surface area contributed by atoms with Gasteiger partial charge in [0.2, 0.25) is 0 Å². The van der Waals surface area contributed by atoms with Crippen molar-refractivity contribution < 1.29 is 9.52 Å². The molecule has 0 unspecified atom stereocenters. The maximum absolute atomic E-state index is 10.7. The van der Waals surface area contributed by atoms with Gasteiger partial charge >= 0.3 is 0 Å². The zero-order valence-electron chi connectivity index (χ0n) is 29.4. The highest BCUT2D eigenvalue weighted by Crippen LogP contribution is 2.47. The Morgan fingerprint density at radius 1 is 0.481 bits per heavy atom. The lowest BCUT2D eigenvalue weighted by atomic mass is 9.85. The van der Waals surface area contributed by atoms with Crippen molar-refractivity contribution in [2.75, 3.05) is 0 Å². The molecular formula is C51H32O2S. The quantitative estimate of drug-likeness (QED) is 0.185. The summed E-state index contributed by atoms with van der Waals surface area (Å²) in [6, 6.07) is 57.2. The van der Waals surface area contributed by atoms with Crippen LogP contribution < -0.4 is 0 Å². The first kappa shape index (κ1) is 30.9. The van der Waals surface area contributed by atoms with Gasteiger partial charge in [-0.05, 0) is 120 Å². The van der Waals surface area contributed by atoms with Crippen LogP contribution in [0.2, 0.25) is 0 Å². The molecule has 0 radical (unpaired) electrons. The number of furan rings is 1. The van der Waals surface area contributed by atoms with Gasteiger partial charge in [-0.1, -0.05) is 145 Å². The fraction of sp³-hybridized carbons (Fsp3) is 0.0196. The SMILES string of the molecule is C/C=C\c1c(O)sc2cc3c(ccc4oc5cc(-c6c7ccccc7c(-c7cccc(-c8cccc9ccccc89)c7)c7ccccc67)ccc5c43)cc12. The predicted octanol–water partition coefficient (Wildman–Crippen LogP) is 15.2. The summed E-state index contributed by atoms with van der Waals surface area (Å²) in [5, 5.41) is 24.0. The first-order valence-corrected chi connectivity index (χ1v) is 19.2. The average molecular weight is 709 g/mol. The minimum atomic E-state index is 0.347. The van der Waals surface area contributed by atoms with Gasteiger partial charge in [0.15, 0.2) is 5.06 Å². The fourth-order valence-electron chi connectivity index (χ4n) is 8.75. The average Bonchev–Trinajstić information content (AvgIpc) is 3.74. The molecule has 0 fully saturated rings. The fourth-order valence-corrected chi connectivity index (χ4v) is 9.70. The highest BCUT2D eigenvalue weighted by atomic mass is 32.1. The van der Waals surface area contributed by atoms with E-state index in [1.54, 1.807) is 0 Å². The Bertz CT molecular complexity index is 3300.